The quantitative estimate of drug-likeness (QED) is 0.844. The second-order valence-electron chi connectivity index (χ2n) is 5.95. The van der Waals surface area contributed by atoms with Gasteiger partial charge in [0.05, 0.1) is 19.3 Å². The van der Waals surface area contributed by atoms with Crippen molar-refractivity contribution in [2.75, 3.05) is 44.4 Å². The third-order valence-corrected chi connectivity index (χ3v) is 4.26. The molecule has 0 spiro atoms. The van der Waals surface area contributed by atoms with Crippen LogP contribution in [0.1, 0.15) is 12.8 Å². The minimum atomic E-state index is -0.327. The summed E-state index contributed by atoms with van der Waals surface area (Å²) in [7, 11) is 0. The van der Waals surface area contributed by atoms with Crippen molar-refractivity contribution in [2.24, 2.45) is 0 Å². The fraction of sp³-hybridized carbons (Fsp3) is 0.529. The fourth-order valence-electron chi connectivity index (χ4n) is 2.96. The minimum Gasteiger partial charge on any atom is -0.484 e. The van der Waals surface area contributed by atoms with E-state index in [-0.39, 0.29) is 31.1 Å². The molecule has 2 heterocycles. The van der Waals surface area contributed by atoms with Crippen LogP contribution in [-0.4, -0.2) is 67.4 Å². The summed E-state index contributed by atoms with van der Waals surface area (Å²) in [6, 6.07) is 7.24. The van der Waals surface area contributed by atoms with Crippen molar-refractivity contribution in [1.29, 1.82) is 0 Å². The summed E-state index contributed by atoms with van der Waals surface area (Å²) >= 11 is 0. The Hall–Kier alpha value is -2.12. The van der Waals surface area contributed by atoms with Gasteiger partial charge < -0.3 is 24.4 Å². The SMILES string of the molecule is O=C(COc1cccc(N2CCCC2=O)c1)N1CCO[C@@H](CO)C1. The van der Waals surface area contributed by atoms with Crippen LogP contribution >= 0.6 is 0 Å². The van der Waals surface area contributed by atoms with Gasteiger partial charge in [0.25, 0.3) is 5.91 Å². The lowest BCUT2D eigenvalue weighted by Gasteiger charge is -2.32. The molecule has 0 bridgehead atoms. The molecular formula is C17H22N2O5. The van der Waals surface area contributed by atoms with Crippen molar-refractivity contribution in [1.82, 2.24) is 4.90 Å². The summed E-state index contributed by atoms with van der Waals surface area (Å²) in [6.07, 6.45) is 1.12. The average Bonchev–Trinajstić information content (AvgIpc) is 3.06. The van der Waals surface area contributed by atoms with Gasteiger partial charge in [-0.3, -0.25) is 9.59 Å². The van der Waals surface area contributed by atoms with Gasteiger partial charge in [0.1, 0.15) is 5.75 Å². The standard InChI is InChI=1S/C17H22N2O5/c20-11-15-10-18(7-8-23-15)17(22)12-24-14-4-1-3-13(9-14)19-6-2-5-16(19)21/h1,3-4,9,15,20H,2,5-8,10-12H2/t15-/m1/s1. The molecule has 1 aromatic carbocycles. The van der Waals surface area contributed by atoms with Gasteiger partial charge >= 0.3 is 0 Å². The second-order valence-corrected chi connectivity index (χ2v) is 5.95. The highest BCUT2D eigenvalue weighted by molar-refractivity contribution is 5.95. The maximum atomic E-state index is 12.2. The molecule has 2 fully saturated rings. The number of morpholine rings is 1. The van der Waals surface area contributed by atoms with E-state index in [1.54, 1.807) is 21.9 Å². The predicted octanol–water partition coefficient (Wildman–Crippen LogP) is 0.412. The number of aliphatic hydroxyl groups excluding tert-OH is 1. The molecule has 130 valence electrons. The third kappa shape index (κ3) is 3.85. The van der Waals surface area contributed by atoms with Crippen molar-refractivity contribution in [3.8, 4) is 5.75 Å². The topological polar surface area (TPSA) is 79.3 Å². The lowest BCUT2D eigenvalue weighted by Crippen LogP contribution is -2.48. The molecule has 0 saturated carbocycles. The molecule has 1 N–H and O–H groups in total. The van der Waals surface area contributed by atoms with Crippen molar-refractivity contribution >= 4 is 17.5 Å². The Bertz CT molecular complexity index is 606. The summed E-state index contributed by atoms with van der Waals surface area (Å²) in [5.74, 6) is 0.540. The van der Waals surface area contributed by atoms with Gasteiger partial charge in [0.15, 0.2) is 6.61 Å². The van der Waals surface area contributed by atoms with Gasteiger partial charge in [-0.15, -0.1) is 0 Å². The molecule has 3 rings (SSSR count). The van der Waals surface area contributed by atoms with E-state index in [2.05, 4.69) is 0 Å². The molecule has 2 amide bonds. The number of rotatable bonds is 5. The highest BCUT2D eigenvalue weighted by Crippen LogP contribution is 2.25. The predicted molar refractivity (Wildman–Crippen MR) is 86.9 cm³/mol. The van der Waals surface area contributed by atoms with E-state index in [1.165, 1.54) is 0 Å². The molecule has 1 aromatic rings. The van der Waals surface area contributed by atoms with E-state index in [4.69, 9.17) is 14.6 Å². The van der Waals surface area contributed by atoms with E-state index < -0.39 is 0 Å². The Balaban J connectivity index is 1.56. The Morgan fingerprint density at radius 2 is 2.25 bits per heavy atom. The first-order chi connectivity index (χ1) is 11.7. The number of benzene rings is 1. The smallest absolute Gasteiger partial charge is 0.260 e. The van der Waals surface area contributed by atoms with E-state index in [1.807, 2.05) is 12.1 Å². The van der Waals surface area contributed by atoms with Gasteiger partial charge in [0.2, 0.25) is 5.91 Å². The lowest BCUT2D eigenvalue weighted by atomic mass is 10.2. The van der Waals surface area contributed by atoms with Crippen LogP contribution in [-0.2, 0) is 14.3 Å². The highest BCUT2D eigenvalue weighted by Gasteiger charge is 2.24. The minimum absolute atomic E-state index is 0.0739. The van der Waals surface area contributed by atoms with E-state index >= 15 is 0 Å². The zero-order valence-corrected chi connectivity index (χ0v) is 13.5. The van der Waals surface area contributed by atoms with Crippen molar-refractivity contribution in [2.45, 2.75) is 18.9 Å². The Morgan fingerprint density at radius 1 is 1.38 bits per heavy atom. The molecule has 0 aromatic heterocycles. The summed E-state index contributed by atoms with van der Waals surface area (Å²) in [5, 5.41) is 9.13. The van der Waals surface area contributed by atoms with Gasteiger partial charge in [-0.1, -0.05) is 6.07 Å². The highest BCUT2D eigenvalue weighted by atomic mass is 16.5. The van der Waals surface area contributed by atoms with Crippen LogP contribution < -0.4 is 9.64 Å². The van der Waals surface area contributed by atoms with Crippen LogP contribution in [0, 0.1) is 0 Å². The maximum absolute atomic E-state index is 12.2. The molecule has 1 atom stereocenters. The van der Waals surface area contributed by atoms with E-state index in [9.17, 15) is 9.59 Å². The van der Waals surface area contributed by atoms with Crippen LogP contribution in [0.15, 0.2) is 24.3 Å². The zero-order valence-electron chi connectivity index (χ0n) is 13.5. The van der Waals surface area contributed by atoms with Gasteiger partial charge in [-0.05, 0) is 18.6 Å². The average molecular weight is 334 g/mol. The Kier molecular flexibility index (Phi) is 5.32. The number of aliphatic hydroxyl groups is 1. The van der Waals surface area contributed by atoms with Crippen molar-refractivity contribution in [3.63, 3.8) is 0 Å². The monoisotopic (exact) mass is 334 g/mol. The zero-order chi connectivity index (χ0) is 16.9. The lowest BCUT2D eigenvalue weighted by molar-refractivity contribution is -0.142. The van der Waals surface area contributed by atoms with Crippen molar-refractivity contribution < 1.29 is 24.2 Å². The number of hydrogen-bond donors (Lipinski definition) is 1. The number of hydrogen-bond acceptors (Lipinski definition) is 5. The van der Waals surface area contributed by atoms with Gasteiger partial charge in [-0.2, -0.15) is 0 Å². The molecule has 2 aliphatic heterocycles. The number of amides is 2. The first-order valence-electron chi connectivity index (χ1n) is 8.21. The molecule has 24 heavy (non-hydrogen) atoms. The molecule has 0 unspecified atom stereocenters. The van der Waals surface area contributed by atoms with Crippen LogP contribution in [0.4, 0.5) is 5.69 Å². The number of carbonyl (C=O) groups excluding carboxylic acids is 2. The van der Waals surface area contributed by atoms with E-state index in [0.29, 0.717) is 31.9 Å². The number of ether oxygens (including phenoxy) is 2. The Morgan fingerprint density at radius 3 is 3.00 bits per heavy atom. The maximum Gasteiger partial charge on any atom is 0.260 e. The van der Waals surface area contributed by atoms with Crippen LogP contribution in [0.2, 0.25) is 0 Å². The molecule has 7 nitrogen and oxygen atoms in total. The van der Waals surface area contributed by atoms with Gasteiger partial charge in [-0.25, -0.2) is 0 Å². The number of nitrogens with zero attached hydrogens (tertiary/aromatic N) is 2. The summed E-state index contributed by atoms with van der Waals surface area (Å²) in [5.41, 5.74) is 0.800. The number of carbonyl (C=O) groups is 2. The fourth-order valence-corrected chi connectivity index (χ4v) is 2.96. The largest absolute Gasteiger partial charge is 0.484 e. The molecule has 0 radical (unpaired) electrons. The van der Waals surface area contributed by atoms with Gasteiger partial charge in [0, 0.05) is 37.8 Å². The third-order valence-electron chi connectivity index (χ3n) is 4.26. The molecule has 2 aliphatic rings. The molecule has 7 heteroatoms. The van der Waals surface area contributed by atoms with Crippen LogP contribution in [0.5, 0.6) is 5.75 Å². The first kappa shape index (κ1) is 16.7. The molecule has 2 saturated heterocycles. The van der Waals surface area contributed by atoms with Crippen molar-refractivity contribution in [3.05, 3.63) is 24.3 Å². The van der Waals surface area contributed by atoms with Crippen LogP contribution in [0.25, 0.3) is 0 Å². The number of anilines is 1. The first-order valence-corrected chi connectivity index (χ1v) is 8.21. The summed E-state index contributed by atoms with van der Waals surface area (Å²) < 4.78 is 10.9. The second kappa shape index (κ2) is 7.63. The summed E-state index contributed by atoms with van der Waals surface area (Å²) in [4.78, 5) is 27.4. The summed E-state index contributed by atoms with van der Waals surface area (Å²) in [6.45, 7) is 1.84. The normalized spacial score (nSPS) is 21.2. The molecule has 0 aliphatic carbocycles. The van der Waals surface area contributed by atoms with E-state index in [0.717, 1.165) is 18.7 Å². The molecular weight excluding hydrogens is 312 g/mol. The van der Waals surface area contributed by atoms with Crippen LogP contribution in [0.3, 0.4) is 0 Å². The Labute approximate surface area is 140 Å².